The Morgan fingerprint density at radius 1 is 0.893 bits per heavy atom. The first-order valence-electron chi connectivity index (χ1n) is 10.7. The molecule has 0 unspecified atom stereocenters. The number of amides is 2. The highest BCUT2D eigenvalue weighted by Crippen LogP contribution is 2.25. The van der Waals surface area contributed by atoms with Crippen molar-refractivity contribution in [2.24, 2.45) is 5.92 Å². The molecule has 152 valence electrons. The molecule has 0 spiro atoms. The lowest BCUT2D eigenvalue weighted by Gasteiger charge is -2.38. The van der Waals surface area contributed by atoms with Crippen LogP contribution in [0.3, 0.4) is 0 Å². The summed E-state index contributed by atoms with van der Waals surface area (Å²) in [4.78, 5) is 32.3. The lowest BCUT2D eigenvalue weighted by molar-refractivity contribution is -0.145. The van der Waals surface area contributed by atoms with Crippen LogP contribution in [0.5, 0.6) is 0 Å². The van der Waals surface area contributed by atoms with E-state index in [4.69, 9.17) is 4.74 Å². The van der Waals surface area contributed by atoms with E-state index in [0.717, 1.165) is 45.3 Å². The van der Waals surface area contributed by atoms with Crippen LogP contribution in [0.1, 0.15) is 31.2 Å². The normalized spacial score (nSPS) is 26.4. The van der Waals surface area contributed by atoms with Gasteiger partial charge in [-0.05, 0) is 37.8 Å². The fourth-order valence-electron chi connectivity index (χ4n) is 4.74. The van der Waals surface area contributed by atoms with E-state index in [9.17, 15) is 9.59 Å². The summed E-state index contributed by atoms with van der Waals surface area (Å²) >= 11 is 0. The molecule has 3 heterocycles. The molecule has 3 aliphatic rings. The van der Waals surface area contributed by atoms with Gasteiger partial charge in [-0.3, -0.25) is 14.5 Å². The molecular weight excluding hydrogens is 354 g/mol. The summed E-state index contributed by atoms with van der Waals surface area (Å²) in [6.07, 6.45) is 3.79. The number of morpholine rings is 1. The molecule has 0 bridgehead atoms. The highest BCUT2D eigenvalue weighted by Gasteiger charge is 2.37. The van der Waals surface area contributed by atoms with Gasteiger partial charge >= 0.3 is 0 Å². The number of nitrogens with zero attached hydrogens (tertiary/aromatic N) is 3. The average Bonchev–Trinajstić information content (AvgIpc) is 3.22. The monoisotopic (exact) mass is 385 g/mol. The van der Waals surface area contributed by atoms with Crippen molar-refractivity contribution in [2.75, 3.05) is 45.9 Å². The van der Waals surface area contributed by atoms with Crippen molar-refractivity contribution >= 4 is 11.8 Å². The minimum atomic E-state index is -0.0558. The maximum absolute atomic E-state index is 13.3. The predicted octanol–water partition coefficient (Wildman–Crippen LogP) is 1.75. The lowest BCUT2D eigenvalue weighted by Crippen LogP contribution is -2.52. The Bertz CT molecular complexity index is 675. The molecular formula is C22H31N3O3. The third-order valence-electron chi connectivity index (χ3n) is 6.28. The van der Waals surface area contributed by atoms with Gasteiger partial charge < -0.3 is 14.5 Å². The molecule has 3 saturated heterocycles. The van der Waals surface area contributed by atoms with Gasteiger partial charge in [-0.2, -0.15) is 0 Å². The van der Waals surface area contributed by atoms with Gasteiger partial charge in [-0.1, -0.05) is 30.3 Å². The van der Waals surface area contributed by atoms with Crippen LogP contribution >= 0.6 is 0 Å². The average molecular weight is 386 g/mol. The Hall–Kier alpha value is -1.92. The van der Waals surface area contributed by atoms with E-state index in [-0.39, 0.29) is 23.8 Å². The number of ether oxygens (including phenoxy) is 1. The summed E-state index contributed by atoms with van der Waals surface area (Å²) in [6.45, 7) is 5.74. The molecule has 0 radical (unpaired) electrons. The maximum atomic E-state index is 13.3. The van der Waals surface area contributed by atoms with Gasteiger partial charge in [-0.25, -0.2) is 0 Å². The maximum Gasteiger partial charge on any atom is 0.239 e. The van der Waals surface area contributed by atoms with Crippen LogP contribution in [0.25, 0.3) is 0 Å². The first-order chi connectivity index (χ1) is 13.7. The summed E-state index contributed by atoms with van der Waals surface area (Å²) in [5.74, 6) is 0.362. The topological polar surface area (TPSA) is 53.1 Å². The van der Waals surface area contributed by atoms with Crippen LogP contribution in [0.15, 0.2) is 30.3 Å². The number of carbonyl (C=O) groups is 2. The lowest BCUT2D eigenvalue weighted by atomic mass is 9.95. The van der Waals surface area contributed by atoms with Gasteiger partial charge in [0.15, 0.2) is 0 Å². The van der Waals surface area contributed by atoms with Crippen LogP contribution in [0.4, 0.5) is 0 Å². The van der Waals surface area contributed by atoms with Crippen LogP contribution in [0.2, 0.25) is 0 Å². The zero-order valence-corrected chi connectivity index (χ0v) is 16.6. The molecule has 1 aromatic carbocycles. The molecule has 0 aromatic heterocycles. The quantitative estimate of drug-likeness (QED) is 0.792. The third-order valence-corrected chi connectivity index (χ3v) is 6.28. The SMILES string of the molecule is O=C([C@@H]1CCCN(C(=O)[C@@H]2CCCN2Cc2ccccc2)C1)N1CCOCC1. The van der Waals surface area contributed by atoms with Gasteiger partial charge in [0.2, 0.25) is 11.8 Å². The van der Waals surface area contributed by atoms with Crippen LogP contribution in [0, 0.1) is 5.92 Å². The number of piperidine rings is 1. The Balaban J connectivity index is 1.37. The molecule has 2 atom stereocenters. The molecule has 6 nitrogen and oxygen atoms in total. The number of carbonyl (C=O) groups excluding carboxylic acids is 2. The summed E-state index contributed by atoms with van der Waals surface area (Å²) in [5.41, 5.74) is 1.25. The summed E-state index contributed by atoms with van der Waals surface area (Å²) in [5, 5.41) is 0. The van der Waals surface area contributed by atoms with E-state index in [1.54, 1.807) is 0 Å². The molecule has 2 amide bonds. The molecule has 0 N–H and O–H groups in total. The van der Waals surface area contributed by atoms with Crippen molar-refractivity contribution in [3.63, 3.8) is 0 Å². The zero-order chi connectivity index (χ0) is 19.3. The van der Waals surface area contributed by atoms with Crippen molar-refractivity contribution in [2.45, 2.75) is 38.3 Å². The highest BCUT2D eigenvalue weighted by molar-refractivity contribution is 5.84. The second-order valence-corrected chi connectivity index (χ2v) is 8.18. The molecule has 28 heavy (non-hydrogen) atoms. The molecule has 0 saturated carbocycles. The third kappa shape index (κ3) is 4.39. The minimum absolute atomic E-state index is 0.0440. The van der Waals surface area contributed by atoms with Crippen molar-refractivity contribution < 1.29 is 14.3 Å². The zero-order valence-electron chi connectivity index (χ0n) is 16.6. The summed E-state index contributed by atoms with van der Waals surface area (Å²) in [6, 6.07) is 10.3. The first kappa shape index (κ1) is 19.4. The second-order valence-electron chi connectivity index (χ2n) is 8.18. The number of hydrogen-bond acceptors (Lipinski definition) is 4. The Kier molecular flexibility index (Phi) is 6.27. The minimum Gasteiger partial charge on any atom is -0.378 e. The van der Waals surface area contributed by atoms with Crippen molar-refractivity contribution in [3.05, 3.63) is 35.9 Å². The van der Waals surface area contributed by atoms with Gasteiger partial charge in [0.05, 0.1) is 25.2 Å². The second kappa shape index (κ2) is 9.05. The first-order valence-corrected chi connectivity index (χ1v) is 10.7. The van der Waals surface area contributed by atoms with Gasteiger partial charge in [0, 0.05) is 32.7 Å². The number of hydrogen-bond donors (Lipinski definition) is 0. The van der Waals surface area contributed by atoms with Crippen molar-refractivity contribution in [3.8, 4) is 0 Å². The highest BCUT2D eigenvalue weighted by atomic mass is 16.5. The summed E-state index contributed by atoms with van der Waals surface area (Å²) < 4.78 is 5.36. The van der Waals surface area contributed by atoms with Crippen LogP contribution < -0.4 is 0 Å². The van der Waals surface area contributed by atoms with E-state index in [1.807, 2.05) is 15.9 Å². The molecule has 0 aliphatic carbocycles. The van der Waals surface area contributed by atoms with E-state index >= 15 is 0 Å². The van der Waals surface area contributed by atoms with Gasteiger partial charge in [0.25, 0.3) is 0 Å². The van der Waals surface area contributed by atoms with E-state index in [2.05, 4.69) is 29.2 Å². The standard InChI is InChI=1S/C22H31N3O3/c26-21(23-12-14-28-15-13-23)19-8-4-11-25(17-19)22(27)20-9-5-10-24(20)16-18-6-2-1-3-7-18/h1-3,6-7,19-20H,4-5,8-17H2/t19-,20+/m1/s1. The summed E-state index contributed by atoms with van der Waals surface area (Å²) in [7, 11) is 0. The van der Waals surface area contributed by atoms with Crippen LogP contribution in [-0.2, 0) is 20.9 Å². The molecule has 6 heteroatoms. The Morgan fingerprint density at radius 2 is 1.64 bits per heavy atom. The fourth-order valence-corrected chi connectivity index (χ4v) is 4.74. The Labute approximate surface area is 167 Å². The molecule has 3 aliphatic heterocycles. The van der Waals surface area contributed by atoms with Gasteiger partial charge in [-0.15, -0.1) is 0 Å². The largest absolute Gasteiger partial charge is 0.378 e. The van der Waals surface area contributed by atoms with E-state index < -0.39 is 0 Å². The smallest absolute Gasteiger partial charge is 0.239 e. The predicted molar refractivity (Wildman–Crippen MR) is 107 cm³/mol. The van der Waals surface area contributed by atoms with Gasteiger partial charge in [0.1, 0.15) is 0 Å². The number of rotatable bonds is 4. The fraction of sp³-hybridized carbons (Fsp3) is 0.636. The van der Waals surface area contributed by atoms with Crippen LogP contribution in [-0.4, -0.2) is 78.5 Å². The van der Waals surface area contributed by atoms with E-state index in [0.29, 0.717) is 32.8 Å². The van der Waals surface area contributed by atoms with Crippen molar-refractivity contribution in [1.29, 1.82) is 0 Å². The number of benzene rings is 1. The molecule has 4 rings (SSSR count). The molecule has 3 fully saturated rings. The molecule has 1 aromatic rings. The Morgan fingerprint density at radius 3 is 2.43 bits per heavy atom. The van der Waals surface area contributed by atoms with E-state index in [1.165, 1.54) is 5.56 Å². The number of likely N-dealkylation sites (tertiary alicyclic amines) is 2. The van der Waals surface area contributed by atoms with Crippen molar-refractivity contribution in [1.82, 2.24) is 14.7 Å².